The maximum absolute atomic E-state index is 11.6. The summed E-state index contributed by atoms with van der Waals surface area (Å²) in [6.07, 6.45) is 3.82. The molecule has 2 heterocycles. The van der Waals surface area contributed by atoms with E-state index in [1.807, 2.05) is 18.2 Å². The monoisotopic (exact) mass is 266 g/mol. The molecule has 0 aliphatic rings. The van der Waals surface area contributed by atoms with Crippen molar-refractivity contribution in [1.82, 2.24) is 10.3 Å². The number of halogens is 1. The Morgan fingerprint density at radius 2 is 2.29 bits per heavy atom. The van der Waals surface area contributed by atoms with E-state index in [0.717, 1.165) is 10.4 Å². The third kappa shape index (κ3) is 3.84. The lowest BCUT2D eigenvalue weighted by Crippen LogP contribution is -2.24. The molecule has 1 amide bonds. The minimum absolute atomic E-state index is 0.00707. The van der Waals surface area contributed by atoms with E-state index in [0.29, 0.717) is 17.3 Å². The SMILES string of the molecule is O=C(Cc1ccc(Cl)s1)NCc1cccnc1. The number of carbonyl (C=O) groups is 1. The third-order valence-corrected chi connectivity index (χ3v) is 3.41. The van der Waals surface area contributed by atoms with Crippen molar-refractivity contribution in [3.05, 3.63) is 51.4 Å². The number of amides is 1. The molecule has 2 aromatic rings. The summed E-state index contributed by atoms with van der Waals surface area (Å²) in [6.45, 7) is 0.506. The van der Waals surface area contributed by atoms with Crippen LogP contribution in [0.4, 0.5) is 0 Å². The first kappa shape index (κ1) is 12.1. The lowest BCUT2D eigenvalue weighted by atomic mass is 10.2. The van der Waals surface area contributed by atoms with Crippen LogP contribution in [-0.2, 0) is 17.8 Å². The number of nitrogens with zero attached hydrogens (tertiary/aromatic N) is 1. The summed E-state index contributed by atoms with van der Waals surface area (Å²) >= 11 is 7.23. The zero-order valence-electron chi connectivity index (χ0n) is 9.02. The number of rotatable bonds is 4. The van der Waals surface area contributed by atoms with Crippen LogP contribution in [0.1, 0.15) is 10.4 Å². The normalized spacial score (nSPS) is 10.2. The molecule has 0 atom stereocenters. The van der Waals surface area contributed by atoms with E-state index in [9.17, 15) is 4.79 Å². The first-order valence-electron chi connectivity index (χ1n) is 5.14. The quantitative estimate of drug-likeness (QED) is 0.924. The van der Waals surface area contributed by atoms with Gasteiger partial charge in [-0.05, 0) is 23.8 Å². The molecule has 0 saturated heterocycles. The first-order valence-corrected chi connectivity index (χ1v) is 6.33. The lowest BCUT2D eigenvalue weighted by molar-refractivity contribution is -0.120. The Morgan fingerprint density at radius 3 is 2.94 bits per heavy atom. The van der Waals surface area contributed by atoms with Gasteiger partial charge in [0.05, 0.1) is 10.8 Å². The predicted molar refractivity (Wildman–Crippen MR) is 69.1 cm³/mol. The minimum atomic E-state index is -0.00707. The van der Waals surface area contributed by atoms with Crippen molar-refractivity contribution in [2.45, 2.75) is 13.0 Å². The van der Waals surface area contributed by atoms with E-state index in [4.69, 9.17) is 11.6 Å². The van der Waals surface area contributed by atoms with Crippen molar-refractivity contribution in [3.63, 3.8) is 0 Å². The van der Waals surface area contributed by atoms with Gasteiger partial charge < -0.3 is 5.32 Å². The number of aromatic nitrogens is 1. The van der Waals surface area contributed by atoms with E-state index in [1.165, 1.54) is 11.3 Å². The smallest absolute Gasteiger partial charge is 0.225 e. The number of hydrogen-bond acceptors (Lipinski definition) is 3. The maximum Gasteiger partial charge on any atom is 0.225 e. The van der Waals surface area contributed by atoms with Crippen LogP contribution in [0.25, 0.3) is 0 Å². The molecule has 2 aromatic heterocycles. The topological polar surface area (TPSA) is 42.0 Å². The van der Waals surface area contributed by atoms with Gasteiger partial charge in [-0.25, -0.2) is 0 Å². The molecule has 0 radical (unpaired) electrons. The van der Waals surface area contributed by atoms with Crippen molar-refractivity contribution in [2.75, 3.05) is 0 Å². The van der Waals surface area contributed by atoms with Crippen LogP contribution in [0.3, 0.4) is 0 Å². The van der Waals surface area contributed by atoms with Crippen molar-refractivity contribution >= 4 is 28.8 Å². The molecule has 0 spiro atoms. The Bertz CT molecular complexity index is 498. The fourth-order valence-electron chi connectivity index (χ4n) is 1.37. The van der Waals surface area contributed by atoms with Crippen LogP contribution >= 0.6 is 22.9 Å². The summed E-state index contributed by atoms with van der Waals surface area (Å²) in [7, 11) is 0. The second kappa shape index (κ2) is 5.80. The number of pyridine rings is 1. The Kier molecular flexibility index (Phi) is 4.12. The summed E-state index contributed by atoms with van der Waals surface area (Å²) in [5, 5.41) is 2.84. The van der Waals surface area contributed by atoms with Gasteiger partial charge in [0.25, 0.3) is 0 Å². The second-order valence-electron chi connectivity index (χ2n) is 3.52. The highest BCUT2D eigenvalue weighted by Crippen LogP contribution is 2.21. The molecule has 1 N–H and O–H groups in total. The largest absolute Gasteiger partial charge is 0.352 e. The van der Waals surface area contributed by atoms with E-state index < -0.39 is 0 Å². The number of nitrogens with one attached hydrogen (secondary N) is 1. The highest BCUT2D eigenvalue weighted by Gasteiger charge is 2.05. The highest BCUT2D eigenvalue weighted by atomic mass is 35.5. The van der Waals surface area contributed by atoms with Gasteiger partial charge in [0.15, 0.2) is 0 Å². The Morgan fingerprint density at radius 1 is 1.41 bits per heavy atom. The Hall–Kier alpha value is -1.39. The molecule has 3 nitrogen and oxygen atoms in total. The average molecular weight is 267 g/mol. The molecule has 0 bridgehead atoms. The second-order valence-corrected chi connectivity index (χ2v) is 5.32. The lowest BCUT2D eigenvalue weighted by Gasteiger charge is -2.03. The number of thiophene rings is 1. The number of hydrogen-bond donors (Lipinski definition) is 1. The molecule has 0 unspecified atom stereocenters. The molecule has 0 fully saturated rings. The highest BCUT2D eigenvalue weighted by molar-refractivity contribution is 7.16. The molecule has 88 valence electrons. The van der Waals surface area contributed by atoms with E-state index >= 15 is 0 Å². The van der Waals surface area contributed by atoms with Crippen LogP contribution < -0.4 is 5.32 Å². The van der Waals surface area contributed by atoms with Crippen molar-refractivity contribution in [1.29, 1.82) is 0 Å². The van der Waals surface area contributed by atoms with Crippen LogP contribution in [-0.4, -0.2) is 10.9 Å². The summed E-state index contributed by atoms with van der Waals surface area (Å²) in [4.78, 5) is 16.6. The van der Waals surface area contributed by atoms with Crippen LogP contribution in [0.2, 0.25) is 4.34 Å². The van der Waals surface area contributed by atoms with Gasteiger partial charge in [-0.1, -0.05) is 17.7 Å². The van der Waals surface area contributed by atoms with Crippen molar-refractivity contribution in [3.8, 4) is 0 Å². The molecule has 0 aromatic carbocycles. The molecule has 0 aliphatic carbocycles. The molecule has 0 aliphatic heterocycles. The van der Waals surface area contributed by atoms with Gasteiger partial charge in [0.2, 0.25) is 5.91 Å². The standard InChI is InChI=1S/C12H11ClN2OS/c13-11-4-3-10(17-11)6-12(16)15-8-9-2-1-5-14-7-9/h1-5,7H,6,8H2,(H,15,16). The zero-order chi connectivity index (χ0) is 12.1. The Balaban J connectivity index is 1.82. The average Bonchev–Trinajstić information content (AvgIpc) is 2.73. The minimum Gasteiger partial charge on any atom is -0.352 e. The fourth-order valence-corrected chi connectivity index (χ4v) is 2.46. The van der Waals surface area contributed by atoms with E-state index in [2.05, 4.69) is 10.3 Å². The summed E-state index contributed by atoms with van der Waals surface area (Å²) in [6, 6.07) is 7.45. The van der Waals surface area contributed by atoms with Gasteiger partial charge in [-0.3, -0.25) is 9.78 Å². The van der Waals surface area contributed by atoms with Crippen LogP contribution in [0.5, 0.6) is 0 Å². The van der Waals surface area contributed by atoms with Gasteiger partial charge in [0, 0.05) is 23.8 Å². The molecule has 5 heteroatoms. The predicted octanol–water partition coefficient (Wildman–Crippen LogP) is 2.66. The first-order chi connectivity index (χ1) is 8.24. The van der Waals surface area contributed by atoms with Crippen LogP contribution in [0.15, 0.2) is 36.7 Å². The fraction of sp³-hybridized carbons (Fsp3) is 0.167. The molecule has 2 rings (SSSR count). The van der Waals surface area contributed by atoms with E-state index in [1.54, 1.807) is 18.5 Å². The summed E-state index contributed by atoms with van der Waals surface area (Å²) in [5.74, 6) is -0.00707. The summed E-state index contributed by atoms with van der Waals surface area (Å²) < 4.78 is 0.708. The number of carbonyl (C=O) groups excluding carboxylic acids is 1. The molecular formula is C12H11ClN2OS. The Labute approximate surface area is 108 Å². The summed E-state index contributed by atoms with van der Waals surface area (Å²) in [5.41, 5.74) is 0.991. The van der Waals surface area contributed by atoms with E-state index in [-0.39, 0.29) is 5.91 Å². The molecule has 0 saturated carbocycles. The van der Waals surface area contributed by atoms with Gasteiger partial charge in [-0.2, -0.15) is 0 Å². The maximum atomic E-state index is 11.6. The van der Waals surface area contributed by atoms with Gasteiger partial charge in [-0.15, -0.1) is 11.3 Å². The molecular weight excluding hydrogens is 256 g/mol. The van der Waals surface area contributed by atoms with Crippen molar-refractivity contribution < 1.29 is 4.79 Å². The van der Waals surface area contributed by atoms with Gasteiger partial charge >= 0.3 is 0 Å². The molecule has 17 heavy (non-hydrogen) atoms. The van der Waals surface area contributed by atoms with Gasteiger partial charge in [0.1, 0.15) is 0 Å². The van der Waals surface area contributed by atoms with Crippen molar-refractivity contribution in [2.24, 2.45) is 0 Å². The zero-order valence-corrected chi connectivity index (χ0v) is 10.6. The van der Waals surface area contributed by atoms with Crippen LogP contribution in [0, 0.1) is 0 Å². The third-order valence-electron chi connectivity index (χ3n) is 2.18.